The average Bonchev–Trinajstić information content (AvgIpc) is 3.11. The molecule has 5 rings (SSSR count). The van der Waals surface area contributed by atoms with Gasteiger partial charge >= 0.3 is 0 Å². The fraction of sp³-hybridized carbons (Fsp3) is 0.391. The van der Waals surface area contributed by atoms with Gasteiger partial charge in [-0.05, 0) is 41.7 Å². The molecule has 0 spiro atoms. The number of rotatable bonds is 6. The molecule has 162 valence electrons. The predicted octanol–water partition coefficient (Wildman–Crippen LogP) is 3.65. The molecular formula is C23H25N3O3S2. The van der Waals surface area contributed by atoms with Gasteiger partial charge in [-0.25, -0.2) is 13.4 Å². The van der Waals surface area contributed by atoms with Crippen LogP contribution in [-0.2, 0) is 26.7 Å². The Morgan fingerprint density at radius 3 is 2.65 bits per heavy atom. The highest BCUT2D eigenvalue weighted by atomic mass is 32.2. The Morgan fingerprint density at radius 1 is 1.19 bits per heavy atom. The van der Waals surface area contributed by atoms with E-state index in [4.69, 9.17) is 0 Å². The highest BCUT2D eigenvalue weighted by Gasteiger charge is 2.66. The zero-order valence-electron chi connectivity index (χ0n) is 17.5. The third-order valence-electron chi connectivity index (χ3n) is 6.78. The molecule has 1 amide bonds. The van der Waals surface area contributed by atoms with Crippen molar-refractivity contribution < 1.29 is 13.2 Å². The molecule has 2 fully saturated rings. The number of anilines is 1. The molecule has 2 aromatic carbocycles. The maximum atomic E-state index is 12.8. The quantitative estimate of drug-likeness (QED) is 0.615. The van der Waals surface area contributed by atoms with Crippen molar-refractivity contribution in [1.29, 1.82) is 0 Å². The van der Waals surface area contributed by atoms with E-state index < -0.39 is 10.0 Å². The second-order valence-corrected chi connectivity index (χ2v) is 11.7. The number of aryl methyl sites for hydroxylation is 1. The van der Waals surface area contributed by atoms with Crippen LogP contribution in [0.3, 0.4) is 0 Å². The van der Waals surface area contributed by atoms with Crippen LogP contribution in [0, 0.1) is 11.8 Å². The normalized spacial score (nSPS) is 24.9. The maximum Gasteiger partial charge on any atom is 0.229 e. The summed E-state index contributed by atoms with van der Waals surface area (Å²) in [5.41, 5.74) is 2.73. The van der Waals surface area contributed by atoms with Gasteiger partial charge in [-0.2, -0.15) is 0 Å². The minimum Gasteiger partial charge on any atom is -0.342 e. The summed E-state index contributed by atoms with van der Waals surface area (Å²) in [6.45, 7) is 3.76. The lowest BCUT2D eigenvalue weighted by Gasteiger charge is -2.25. The number of benzene rings is 2. The lowest BCUT2D eigenvalue weighted by Crippen LogP contribution is -2.34. The summed E-state index contributed by atoms with van der Waals surface area (Å²) in [4.78, 5) is 19.4. The van der Waals surface area contributed by atoms with Gasteiger partial charge in [0.15, 0.2) is 0 Å². The first kappa shape index (κ1) is 20.5. The van der Waals surface area contributed by atoms with E-state index in [1.54, 1.807) is 17.4 Å². The van der Waals surface area contributed by atoms with Crippen molar-refractivity contribution in [2.45, 2.75) is 25.2 Å². The number of nitrogens with zero attached hydrogens (tertiary/aromatic N) is 2. The molecule has 2 aliphatic rings. The Hall–Kier alpha value is -2.45. The molecule has 1 aliphatic heterocycles. The highest BCUT2D eigenvalue weighted by molar-refractivity contribution is 7.92. The highest BCUT2D eigenvalue weighted by Crippen LogP contribution is 2.63. The number of piperidine rings is 1. The van der Waals surface area contributed by atoms with Crippen LogP contribution in [0.15, 0.2) is 48.5 Å². The van der Waals surface area contributed by atoms with Crippen molar-refractivity contribution >= 4 is 43.2 Å². The van der Waals surface area contributed by atoms with Crippen LogP contribution in [0.4, 0.5) is 5.69 Å². The smallest absolute Gasteiger partial charge is 0.229 e. The van der Waals surface area contributed by atoms with Gasteiger partial charge in [-0.1, -0.05) is 31.2 Å². The largest absolute Gasteiger partial charge is 0.342 e. The number of amides is 1. The zero-order valence-corrected chi connectivity index (χ0v) is 19.2. The number of sulfonamides is 1. The molecule has 0 radical (unpaired) electrons. The molecule has 2 atom stereocenters. The number of thiazole rings is 1. The molecular weight excluding hydrogens is 430 g/mol. The first-order chi connectivity index (χ1) is 14.7. The van der Waals surface area contributed by atoms with E-state index >= 15 is 0 Å². The van der Waals surface area contributed by atoms with Gasteiger partial charge in [0.05, 0.1) is 21.5 Å². The number of aromatic nitrogens is 1. The third-order valence-corrected chi connectivity index (χ3v) is 8.49. The third kappa shape index (κ3) is 3.83. The second-order valence-electron chi connectivity index (χ2n) is 8.82. The molecule has 1 aromatic heterocycles. The predicted molar refractivity (Wildman–Crippen MR) is 124 cm³/mol. The molecule has 1 saturated heterocycles. The maximum absolute atomic E-state index is 12.8. The molecule has 1 saturated carbocycles. The van der Waals surface area contributed by atoms with Crippen molar-refractivity contribution in [2.75, 3.05) is 24.1 Å². The topological polar surface area (TPSA) is 79.4 Å². The van der Waals surface area contributed by atoms with E-state index in [9.17, 15) is 13.2 Å². The standard InChI is InChI=1S/C23H25N3O3S2/c1-23(15-6-5-7-16(12-15)25-31(2,28)29)17-13-26(14-18(17)23)22(27)11-10-21-24-19-8-3-4-9-20(19)30-21/h3-9,12,17-18,25H,10-11,13-14H2,1-2H3. The lowest BCUT2D eigenvalue weighted by molar-refractivity contribution is -0.130. The lowest BCUT2D eigenvalue weighted by atomic mass is 9.92. The van der Waals surface area contributed by atoms with Crippen molar-refractivity contribution in [3.8, 4) is 0 Å². The second kappa shape index (κ2) is 7.31. The number of fused-ring (bicyclic) bond motifs is 2. The summed E-state index contributed by atoms with van der Waals surface area (Å²) >= 11 is 1.66. The molecule has 3 aromatic rings. The SMILES string of the molecule is CC1(c2cccc(NS(C)(=O)=O)c2)C2CN(C(=O)CCc3nc4ccccc4s3)CC21. The molecule has 8 heteroatoms. The van der Waals surface area contributed by atoms with Gasteiger partial charge < -0.3 is 4.90 Å². The van der Waals surface area contributed by atoms with Gasteiger partial charge in [0.2, 0.25) is 15.9 Å². The van der Waals surface area contributed by atoms with E-state index in [1.807, 2.05) is 35.2 Å². The monoisotopic (exact) mass is 455 g/mol. The number of likely N-dealkylation sites (tertiary alicyclic amines) is 1. The number of carbonyl (C=O) groups is 1. The summed E-state index contributed by atoms with van der Waals surface area (Å²) in [5.74, 6) is 1.04. The first-order valence-electron chi connectivity index (χ1n) is 10.4. The molecule has 2 unspecified atom stereocenters. The van der Waals surface area contributed by atoms with Crippen LogP contribution in [0.1, 0.15) is 23.9 Å². The van der Waals surface area contributed by atoms with Gasteiger partial charge in [-0.3, -0.25) is 9.52 Å². The van der Waals surface area contributed by atoms with Crippen molar-refractivity contribution in [3.05, 3.63) is 59.1 Å². The Morgan fingerprint density at radius 2 is 1.94 bits per heavy atom. The van der Waals surface area contributed by atoms with Crippen LogP contribution < -0.4 is 4.72 Å². The van der Waals surface area contributed by atoms with Gasteiger partial charge in [0, 0.05) is 37.0 Å². The van der Waals surface area contributed by atoms with Gasteiger partial charge in [-0.15, -0.1) is 11.3 Å². The number of para-hydroxylation sites is 1. The van der Waals surface area contributed by atoms with Crippen molar-refractivity contribution in [1.82, 2.24) is 9.88 Å². The van der Waals surface area contributed by atoms with Crippen LogP contribution in [0.25, 0.3) is 10.2 Å². The van der Waals surface area contributed by atoms with E-state index in [0.717, 1.165) is 40.1 Å². The Balaban J connectivity index is 1.20. The molecule has 1 aliphatic carbocycles. The summed E-state index contributed by atoms with van der Waals surface area (Å²) in [5, 5.41) is 1.01. The number of carbonyl (C=O) groups excluding carboxylic acids is 1. The van der Waals surface area contributed by atoms with Crippen LogP contribution in [0.5, 0.6) is 0 Å². The fourth-order valence-electron chi connectivity index (χ4n) is 5.04. The molecule has 6 nitrogen and oxygen atoms in total. The Bertz CT molecular complexity index is 1220. The first-order valence-corrected chi connectivity index (χ1v) is 13.2. The van der Waals surface area contributed by atoms with E-state index in [0.29, 0.717) is 30.4 Å². The van der Waals surface area contributed by atoms with Crippen molar-refractivity contribution in [2.24, 2.45) is 11.8 Å². The summed E-state index contributed by atoms with van der Waals surface area (Å²) in [6.07, 6.45) is 2.33. The van der Waals surface area contributed by atoms with E-state index in [1.165, 1.54) is 0 Å². The minimum absolute atomic E-state index is 0.000987. The van der Waals surface area contributed by atoms with Gasteiger partial charge in [0.1, 0.15) is 0 Å². The van der Waals surface area contributed by atoms with Crippen LogP contribution >= 0.6 is 11.3 Å². The molecule has 1 N–H and O–H groups in total. The number of nitrogens with one attached hydrogen (secondary N) is 1. The molecule has 2 heterocycles. The Labute approximate surface area is 186 Å². The number of hydrogen-bond donors (Lipinski definition) is 1. The van der Waals surface area contributed by atoms with Crippen molar-refractivity contribution in [3.63, 3.8) is 0 Å². The fourth-order valence-corrected chi connectivity index (χ4v) is 6.57. The molecule has 31 heavy (non-hydrogen) atoms. The average molecular weight is 456 g/mol. The minimum atomic E-state index is -3.30. The zero-order chi connectivity index (χ0) is 21.8. The van der Waals surface area contributed by atoms with E-state index in [2.05, 4.69) is 28.8 Å². The summed E-state index contributed by atoms with van der Waals surface area (Å²) in [6, 6.07) is 15.7. The van der Waals surface area contributed by atoms with Crippen LogP contribution in [0.2, 0.25) is 0 Å². The summed E-state index contributed by atoms with van der Waals surface area (Å²) in [7, 11) is -3.30. The molecule has 0 bridgehead atoms. The van der Waals surface area contributed by atoms with E-state index in [-0.39, 0.29) is 11.3 Å². The summed E-state index contributed by atoms with van der Waals surface area (Å²) < 4.78 is 26.8. The number of hydrogen-bond acceptors (Lipinski definition) is 5. The Kier molecular flexibility index (Phi) is 4.82. The van der Waals surface area contributed by atoms with Crippen LogP contribution in [-0.4, -0.2) is 43.6 Å². The van der Waals surface area contributed by atoms with Gasteiger partial charge in [0.25, 0.3) is 0 Å².